The Balaban J connectivity index is 2.17. The summed E-state index contributed by atoms with van der Waals surface area (Å²) in [5.41, 5.74) is 0. The first-order valence-corrected chi connectivity index (χ1v) is 9.14. The van der Waals surface area contributed by atoms with Gasteiger partial charge in [0.25, 0.3) is 0 Å². The standard InChI is InChI=1S/C17H24N2Si/c1-3-19(4-2)15-18-20(16-11-7-5-8-12-16)17-13-9-6-10-14-17/h5-14,18,20H,3-4,15H2,1-2H3. The topological polar surface area (TPSA) is 15.3 Å². The molecule has 20 heavy (non-hydrogen) atoms. The van der Waals surface area contributed by atoms with Gasteiger partial charge in [0.15, 0.2) is 8.96 Å². The Morgan fingerprint density at radius 1 is 0.800 bits per heavy atom. The highest BCUT2D eigenvalue weighted by molar-refractivity contribution is 6.83. The van der Waals surface area contributed by atoms with Crippen LogP contribution in [0.5, 0.6) is 0 Å². The number of hydrogen-bond donors (Lipinski definition) is 1. The second kappa shape index (κ2) is 8.00. The molecule has 2 nitrogen and oxygen atoms in total. The summed E-state index contributed by atoms with van der Waals surface area (Å²) < 4.78 is 0. The maximum atomic E-state index is 3.82. The van der Waals surface area contributed by atoms with E-state index in [0.717, 1.165) is 19.8 Å². The van der Waals surface area contributed by atoms with Crippen molar-refractivity contribution in [1.82, 2.24) is 9.88 Å². The lowest BCUT2D eigenvalue weighted by atomic mass is 10.4. The van der Waals surface area contributed by atoms with Gasteiger partial charge in [-0.05, 0) is 23.5 Å². The number of benzene rings is 2. The molecule has 0 bridgehead atoms. The lowest BCUT2D eigenvalue weighted by molar-refractivity contribution is 0.300. The zero-order valence-electron chi connectivity index (χ0n) is 12.4. The van der Waals surface area contributed by atoms with Gasteiger partial charge in [-0.25, -0.2) is 0 Å². The highest BCUT2D eigenvalue weighted by Gasteiger charge is 2.16. The van der Waals surface area contributed by atoms with E-state index in [4.69, 9.17) is 0 Å². The highest BCUT2D eigenvalue weighted by Crippen LogP contribution is 1.92. The first-order valence-electron chi connectivity index (χ1n) is 7.40. The van der Waals surface area contributed by atoms with Crippen LogP contribution < -0.4 is 15.4 Å². The third-order valence-electron chi connectivity index (χ3n) is 3.68. The molecule has 0 radical (unpaired) electrons. The summed E-state index contributed by atoms with van der Waals surface area (Å²) in [6.45, 7) is 7.58. The third kappa shape index (κ3) is 4.03. The van der Waals surface area contributed by atoms with Crippen molar-refractivity contribution in [3.63, 3.8) is 0 Å². The summed E-state index contributed by atoms with van der Waals surface area (Å²) in [4.78, 5) is 6.24. The molecule has 3 heteroatoms. The molecule has 2 rings (SSSR count). The molecule has 0 aliphatic heterocycles. The second-order valence-corrected chi connectivity index (χ2v) is 7.53. The van der Waals surface area contributed by atoms with Crippen LogP contribution in [0.2, 0.25) is 0 Å². The van der Waals surface area contributed by atoms with Crippen molar-refractivity contribution < 1.29 is 0 Å². The molecule has 0 heterocycles. The first-order chi connectivity index (χ1) is 9.85. The predicted molar refractivity (Wildman–Crippen MR) is 90.2 cm³/mol. The van der Waals surface area contributed by atoms with Crippen LogP contribution in [-0.2, 0) is 0 Å². The summed E-state index contributed by atoms with van der Waals surface area (Å²) in [6, 6.07) is 21.7. The van der Waals surface area contributed by atoms with Gasteiger partial charge in [0, 0.05) is 6.67 Å². The Kier molecular flexibility index (Phi) is 5.99. The molecule has 0 spiro atoms. The van der Waals surface area contributed by atoms with Crippen molar-refractivity contribution in [2.45, 2.75) is 13.8 Å². The lowest BCUT2D eigenvalue weighted by Gasteiger charge is -2.24. The van der Waals surface area contributed by atoms with Crippen molar-refractivity contribution in [2.24, 2.45) is 0 Å². The zero-order valence-corrected chi connectivity index (χ0v) is 13.6. The van der Waals surface area contributed by atoms with Gasteiger partial charge in [-0.2, -0.15) is 0 Å². The number of hydrogen-bond acceptors (Lipinski definition) is 2. The molecule has 0 fully saturated rings. The van der Waals surface area contributed by atoms with Crippen molar-refractivity contribution in [2.75, 3.05) is 19.8 Å². The van der Waals surface area contributed by atoms with Crippen molar-refractivity contribution in [3.05, 3.63) is 60.7 Å². The van der Waals surface area contributed by atoms with Gasteiger partial charge in [0.05, 0.1) is 0 Å². The van der Waals surface area contributed by atoms with Gasteiger partial charge < -0.3 is 4.98 Å². The van der Waals surface area contributed by atoms with Crippen LogP contribution in [0.15, 0.2) is 60.7 Å². The maximum absolute atomic E-state index is 3.82. The molecule has 0 aliphatic rings. The highest BCUT2D eigenvalue weighted by atomic mass is 28.3. The van der Waals surface area contributed by atoms with Crippen LogP contribution in [0, 0.1) is 0 Å². The van der Waals surface area contributed by atoms with Crippen LogP contribution in [0.3, 0.4) is 0 Å². The fraction of sp³-hybridized carbons (Fsp3) is 0.294. The van der Waals surface area contributed by atoms with Crippen LogP contribution in [0.1, 0.15) is 13.8 Å². The van der Waals surface area contributed by atoms with Gasteiger partial charge in [0.1, 0.15) is 0 Å². The number of nitrogens with zero attached hydrogens (tertiary/aromatic N) is 1. The minimum Gasteiger partial charge on any atom is -0.320 e. The molecule has 2 aromatic rings. The Morgan fingerprint density at radius 2 is 1.25 bits per heavy atom. The monoisotopic (exact) mass is 284 g/mol. The Morgan fingerprint density at radius 3 is 1.65 bits per heavy atom. The van der Waals surface area contributed by atoms with Gasteiger partial charge in [-0.3, -0.25) is 4.90 Å². The van der Waals surface area contributed by atoms with E-state index in [1.54, 1.807) is 0 Å². The molecule has 0 aromatic heterocycles. The SMILES string of the molecule is CCN(CC)CN[SiH](c1ccccc1)c1ccccc1. The second-order valence-electron chi connectivity index (χ2n) is 4.92. The van der Waals surface area contributed by atoms with Crippen LogP contribution in [0.4, 0.5) is 0 Å². The van der Waals surface area contributed by atoms with Crippen molar-refractivity contribution >= 4 is 19.3 Å². The first kappa shape index (κ1) is 15.0. The Hall–Kier alpha value is -1.42. The fourth-order valence-electron chi connectivity index (χ4n) is 2.39. The van der Waals surface area contributed by atoms with E-state index in [1.807, 2.05) is 0 Å². The minimum atomic E-state index is -1.33. The Bertz CT molecular complexity index is 443. The summed E-state index contributed by atoms with van der Waals surface area (Å²) in [5.74, 6) is 0. The summed E-state index contributed by atoms with van der Waals surface area (Å²) in [5, 5.41) is 2.90. The van der Waals surface area contributed by atoms with E-state index in [9.17, 15) is 0 Å². The molecule has 1 N–H and O–H groups in total. The van der Waals surface area contributed by atoms with Crippen LogP contribution >= 0.6 is 0 Å². The third-order valence-corrected chi connectivity index (χ3v) is 6.37. The van der Waals surface area contributed by atoms with Crippen molar-refractivity contribution in [3.8, 4) is 0 Å². The predicted octanol–water partition coefficient (Wildman–Crippen LogP) is 1.41. The Labute approximate surface area is 124 Å². The van der Waals surface area contributed by atoms with Gasteiger partial charge >= 0.3 is 0 Å². The van der Waals surface area contributed by atoms with E-state index in [2.05, 4.69) is 84.4 Å². The molecule has 106 valence electrons. The molecular weight excluding hydrogens is 260 g/mol. The summed E-state index contributed by atoms with van der Waals surface area (Å²) in [6.07, 6.45) is 0. The molecule has 0 aliphatic carbocycles. The average Bonchev–Trinajstić information content (AvgIpc) is 2.53. The van der Waals surface area contributed by atoms with E-state index < -0.39 is 8.96 Å². The van der Waals surface area contributed by atoms with E-state index in [-0.39, 0.29) is 0 Å². The fourth-order valence-corrected chi connectivity index (χ4v) is 4.90. The molecule has 0 atom stereocenters. The van der Waals surface area contributed by atoms with E-state index >= 15 is 0 Å². The van der Waals surface area contributed by atoms with Crippen LogP contribution in [0.25, 0.3) is 0 Å². The van der Waals surface area contributed by atoms with Gasteiger partial charge in [-0.15, -0.1) is 0 Å². The molecular formula is C17H24N2Si. The lowest BCUT2D eigenvalue weighted by Crippen LogP contribution is -2.56. The van der Waals surface area contributed by atoms with E-state index in [0.29, 0.717) is 0 Å². The minimum absolute atomic E-state index is 0.966. The molecule has 0 saturated heterocycles. The zero-order chi connectivity index (χ0) is 14.2. The normalized spacial score (nSPS) is 11.2. The molecule has 2 aromatic carbocycles. The number of nitrogens with one attached hydrogen (secondary N) is 1. The number of rotatable bonds is 7. The quantitative estimate of drug-likeness (QED) is 0.611. The summed E-state index contributed by atoms with van der Waals surface area (Å²) in [7, 11) is -1.33. The van der Waals surface area contributed by atoms with Gasteiger partial charge in [0.2, 0.25) is 0 Å². The smallest absolute Gasteiger partial charge is 0.174 e. The largest absolute Gasteiger partial charge is 0.320 e. The summed E-state index contributed by atoms with van der Waals surface area (Å²) >= 11 is 0. The molecule has 0 amide bonds. The van der Waals surface area contributed by atoms with Gasteiger partial charge in [-0.1, -0.05) is 74.5 Å². The molecule has 0 unspecified atom stereocenters. The van der Waals surface area contributed by atoms with Crippen LogP contribution in [-0.4, -0.2) is 33.6 Å². The van der Waals surface area contributed by atoms with Crippen molar-refractivity contribution in [1.29, 1.82) is 0 Å². The molecule has 0 saturated carbocycles. The van der Waals surface area contributed by atoms with E-state index in [1.165, 1.54) is 10.4 Å². The average molecular weight is 284 g/mol. The maximum Gasteiger partial charge on any atom is 0.174 e.